The van der Waals surface area contributed by atoms with Crippen LogP contribution in [-0.4, -0.2) is 20.9 Å². The predicted molar refractivity (Wildman–Crippen MR) is 141 cm³/mol. The molecule has 3 N–H and O–H groups in total. The summed E-state index contributed by atoms with van der Waals surface area (Å²) in [5.41, 5.74) is 7.38. The lowest BCUT2D eigenvalue weighted by molar-refractivity contribution is 0.102. The minimum absolute atomic E-state index is 0.137. The van der Waals surface area contributed by atoms with Gasteiger partial charge >= 0.3 is 0 Å². The lowest BCUT2D eigenvalue weighted by atomic mass is 9.99. The van der Waals surface area contributed by atoms with E-state index in [0.29, 0.717) is 5.56 Å². The van der Waals surface area contributed by atoms with Gasteiger partial charge < -0.3 is 15.6 Å². The van der Waals surface area contributed by atoms with Crippen molar-refractivity contribution in [2.24, 2.45) is 0 Å². The summed E-state index contributed by atoms with van der Waals surface area (Å²) in [5.74, 6) is 0.639. The van der Waals surface area contributed by atoms with Gasteiger partial charge in [-0.2, -0.15) is 0 Å². The molecule has 174 valence electrons. The molecule has 5 aromatic rings. The average molecular weight is 462 g/mol. The molecule has 0 spiro atoms. The number of H-pyrrole nitrogens is 1. The Morgan fingerprint density at radius 1 is 0.914 bits per heavy atom. The fourth-order valence-corrected chi connectivity index (χ4v) is 4.32. The zero-order chi connectivity index (χ0) is 24.4. The van der Waals surface area contributed by atoms with Crippen LogP contribution in [0.25, 0.3) is 10.9 Å². The van der Waals surface area contributed by atoms with Crippen LogP contribution in [0.15, 0.2) is 85.1 Å². The summed E-state index contributed by atoms with van der Waals surface area (Å²) in [6.07, 6.45) is 1.80. The highest BCUT2D eigenvalue weighted by molar-refractivity contribution is 6.05. The number of rotatable bonds is 6. The van der Waals surface area contributed by atoms with Crippen molar-refractivity contribution in [2.45, 2.75) is 26.8 Å². The second-order valence-corrected chi connectivity index (χ2v) is 8.74. The number of aromatic nitrogens is 3. The van der Waals surface area contributed by atoms with Gasteiger partial charge in [0.1, 0.15) is 5.82 Å². The van der Waals surface area contributed by atoms with Crippen molar-refractivity contribution in [3.8, 4) is 0 Å². The number of fused-ring (bicyclic) bond motifs is 1. The third-order valence-electron chi connectivity index (χ3n) is 6.06. The largest absolute Gasteiger partial charge is 0.358 e. The van der Waals surface area contributed by atoms with E-state index in [2.05, 4.69) is 32.5 Å². The van der Waals surface area contributed by atoms with E-state index in [4.69, 9.17) is 0 Å². The minimum Gasteiger partial charge on any atom is -0.358 e. The number of benzene rings is 2. The van der Waals surface area contributed by atoms with Crippen LogP contribution in [-0.2, 0) is 0 Å². The molecule has 6 heteroatoms. The SMILES string of the molecule is Cc1ccc(C(=O)Nc2ccc3[nH]c(C)c([C@@H](Nc4cccc(C)n4)c4ccccn4)c3c2)cc1. The van der Waals surface area contributed by atoms with Crippen LogP contribution in [0, 0.1) is 20.8 Å². The maximum atomic E-state index is 12.8. The lowest BCUT2D eigenvalue weighted by Crippen LogP contribution is -2.16. The molecule has 3 heterocycles. The molecule has 6 nitrogen and oxygen atoms in total. The molecule has 35 heavy (non-hydrogen) atoms. The number of carbonyl (C=O) groups excluding carboxylic acids is 1. The molecule has 0 fully saturated rings. The van der Waals surface area contributed by atoms with Crippen molar-refractivity contribution in [2.75, 3.05) is 10.6 Å². The highest BCUT2D eigenvalue weighted by Gasteiger charge is 2.23. The molecule has 5 rings (SSSR count). The molecule has 0 aliphatic heterocycles. The maximum Gasteiger partial charge on any atom is 0.255 e. The average Bonchev–Trinajstić information content (AvgIpc) is 3.18. The number of nitrogens with one attached hydrogen (secondary N) is 3. The number of anilines is 2. The van der Waals surface area contributed by atoms with Gasteiger partial charge in [-0.1, -0.05) is 29.8 Å². The van der Waals surface area contributed by atoms with Crippen molar-refractivity contribution in [3.63, 3.8) is 0 Å². The number of aryl methyl sites for hydroxylation is 3. The van der Waals surface area contributed by atoms with Crippen LogP contribution < -0.4 is 10.6 Å². The Labute approximate surface area is 204 Å². The van der Waals surface area contributed by atoms with E-state index in [-0.39, 0.29) is 11.9 Å². The van der Waals surface area contributed by atoms with Crippen LogP contribution in [0.3, 0.4) is 0 Å². The first-order chi connectivity index (χ1) is 17.0. The summed E-state index contributed by atoms with van der Waals surface area (Å²) < 4.78 is 0. The van der Waals surface area contributed by atoms with Gasteiger partial charge in [-0.15, -0.1) is 0 Å². The molecular weight excluding hydrogens is 434 g/mol. The normalized spacial score (nSPS) is 11.9. The van der Waals surface area contributed by atoms with Gasteiger partial charge in [0.15, 0.2) is 0 Å². The summed E-state index contributed by atoms with van der Waals surface area (Å²) in [6, 6.07) is 25.1. The number of carbonyl (C=O) groups is 1. The second kappa shape index (κ2) is 9.43. The highest BCUT2D eigenvalue weighted by Crippen LogP contribution is 2.35. The third kappa shape index (κ3) is 4.77. The molecule has 3 aromatic heterocycles. The first kappa shape index (κ1) is 22.3. The van der Waals surface area contributed by atoms with Gasteiger partial charge in [-0.05, 0) is 75.4 Å². The van der Waals surface area contributed by atoms with Gasteiger partial charge in [-0.25, -0.2) is 4.98 Å². The fraction of sp³-hybridized carbons (Fsp3) is 0.138. The Bertz CT molecular complexity index is 1490. The lowest BCUT2D eigenvalue weighted by Gasteiger charge is -2.20. The van der Waals surface area contributed by atoms with E-state index in [1.807, 2.05) is 92.7 Å². The molecule has 0 bridgehead atoms. The number of pyridine rings is 2. The number of hydrogen-bond donors (Lipinski definition) is 3. The number of hydrogen-bond acceptors (Lipinski definition) is 4. The number of aromatic amines is 1. The van der Waals surface area contributed by atoms with Gasteiger partial charge in [0, 0.05) is 45.3 Å². The van der Waals surface area contributed by atoms with Crippen LogP contribution in [0.2, 0.25) is 0 Å². The summed E-state index contributed by atoms with van der Waals surface area (Å²) in [5, 5.41) is 7.64. The van der Waals surface area contributed by atoms with E-state index in [1.54, 1.807) is 6.20 Å². The number of nitrogens with zero attached hydrogens (tertiary/aromatic N) is 2. The highest BCUT2D eigenvalue weighted by atomic mass is 16.1. The molecule has 0 saturated heterocycles. The Balaban J connectivity index is 1.55. The molecule has 0 aliphatic rings. The van der Waals surface area contributed by atoms with Crippen LogP contribution in [0.1, 0.15) is 44.6 Å². The molecule has 1 atom stereocenters. The molecular formula is C29H27N5O. The zero-order valence-electron chi connectivity index (χ0n) is 20.0. The van der Waals surface area contributed by atoms with E-state index < -0.39 is 0 Å². The van der Waals surface area contributed by atoms with E-state index >= 15 is 0 Å². The summed E-state index contributed by atoms with van der Waals surface area (Å²) >= 11 is 0. The Morgan fingerprint density at radius 3 is 2.49 bits per heavy atom. The Hall–Kier alpha value is -4.45. The first-order valence-corrected chi connectivity index (χ1v) is 11.6. The van der Waals surface area contributed by atoms with Gasteiger partial charge in [-0.3, -0.25) is 9.78 Å². The molecule has 0 aliphatic carbocycles. The molecule has 0 saturated carbocycles. The monoisotopic (exact) mass is 461 g/mol. The van der Waals surface area contributed by atoms with E-state index in [1.165, 1.54) is 0 Å². The predicted octanol–water partition coefficient (Wildman–Crippen LogP) is 6.34. The van der Waals surface area contributed by atoms with Crippen molar-refractivity contribution in [1.82, 2.24) is 15.0 Å². The minimum atomic E-state index is -0.234. The zero-order valence-corrected chi connectivity index (χ0v) is 20.0. The summed E-state index contributed by atoms with van der Waals surface area (Å²) in [7, 11) is 0. The first-order valence-electron chi connectivity index (χ1n) is 11.6. The topological polar surface area (TPSA) is 82.7 Å². The van der Waals surface area contributed by atoms with Crippen molar-refractivity contribution >= 4 is 28.3 Å². The third-order valence-corrected chi connectivity index (χ3v) is 6.06. The molecule has 2 aromatic carbocycles. The Kier molecular flexibility index (Phi) is 6.02. The van der Waals surface area contributed by atoms with Crippen molar-refractivity contribution in [1.29, 1.82) is 0 Å². The van der Waals surface area contributed by atoms with Gasteiger partial charge in [0.2, 0.25) is 0 Å². The van der Waals surface area contributed by atoms with Crippen molar-refractivity contribution < 1.29 is 4.79 Å². The van der Waals surface area contributed by atoms with Gasteiger partial charge in [0.05, 0.1) is 11.7 Å². The smallest absolute Gasteiger partial charge is 0.255 e. The molecule has 0 unspecified atom stereocenters. The summed E-state index contributed by atoms with van der Waals surface area (Å²) in [4.78, 5) is 25.6. The molecule has 0 radical (unpaired) electrons. The standard InChI is InChI=1S/C29H27N5O/c1-18-10-12-21(13-11-18)29(35)33-22-14-15-24-23(17-22)27(20(3)32-24)28(25-8-4-5-16-30-25)34-26-9-6-7-19(2)31-26/h4-17,28,32H,1-3H3,(H,31,34)(H,33,35)/t28-/m0/s1. The summed E-state index contributed by atoms with van der Waals surface area (Å²) in [6.45, 7) is 6.03. The Morgan fingerprint density at radius 2 is 1.74 bits per heavy atom. The van der Waals surface area contributed by atoms with E-state index in [9.17, 15) is 4.79 Å². The van der Waals surface area contributed by atoms with E-state index in [0.717, 1.165) is 50.6 Å². The van der Waals surface area contributed by atoms with Crippen LogP contribution >= 0.6 is 0 Å². The quantitative estimate of drug-likeness (QED) is 0.276. The second-order valence-electron chi connectivity index (χ2n) is 8.74. The van der Waals surface area contributed by atoms with Crippen LogP contribution in [0.5, 0.6) is 0 Å². The maximum absolute atomic E-state index is 12.8. The van der Waals surface area contributed by atoms with Crippen LogP contribution in [0.4, 0.5) is 11.5 Å². The number of amides is 1. The fourth-order valence-electron chi connectivity index (χ4n) is 4.32. The van der Waals surface area contributed by atoms with Crippen molar-refractivity contribution in [3.05, 3.63) is 119 Å². The molecule has 1 amide bonds. The van der Waals surface area contributed by atoms with Gasteiger partial charge in [0.25, 0.3) is 5.91 Å².